The number of amides is 1. The molecule has 0 radical (unpaired) electrons. The van der Waals surface area contributed by atoms with Crippen molar-refractivity contribution in [2.24, 2.45) is 16.1 Å². The SMILES string of the molecule is NN=Cc1ccc2nc(-c3cc(CC(=O)N[C@H](CC(=O)O)C(=O)O)cc(-c4cc(S(N)(=O)=O)ccc4O)c3O)[nH]c2c1. The standard InChI is InChI=1S/C26H24N6O9S/c27-29-11-12-1-3-18-19(7-12)32-25(31-18)17-6-13(8-22(34)30-20(26(38)39)10-23(35)36)5-16(24(17)37)15-9-14(42(28,40)41)2-4-21(15)33/h1-7,9,11,20,33,37H,8,10,27H2,(H,30,34)(H,31,32)(H,35,36)(H,38,39)(H2,28,40,41)/t20-/m1/s1. The molecule has 0 spiro atoms. The van der Waals surface area contributed by atoms with E-state index in [1.807, 2.05) is 0 Å². The van der Waals surface area contributed by atoms with E-state index in [2.05, 4.69) is 20.4 Å². The molecule has 0 aliphatic heterocycles. The Balaban J connectivity index is 1.87. The summed E-state index contributed by atoms with van der Waals surface area (Å²) in [6, 6.07) is 9.18. The topological polar surface area (TPSA) is 271 Å². The van der Waals surface area contributed by atoms with Gasteiger partial charge in [-0.25, -0.2) is 23.3 Å². The predicted octanol–water partition coefficient (Wildman–Crippen LogP) is 0.835. The van der Waals surface area contributed by atoms with Crippen LogP contribution < -0.4 is 16.3 Å². The minimum absolute atomic E-state index is 0.0428. The minimum atomic E-state index is -4.21. The second kappa shape index (κ2) is 11.6. The van der Waals surface area contributed by atoms with E-state index < -0.39 is 58.3 Å². The molecule has 0 saturated carbocycles. The fourth-order valence-corrected chi connectivity index (χ4v) is 4.76. The maximum Gasteiger partial charge on any atom is 0.326 e. The molecule has 218 valence electrons. The van der Waals surface area contributed by atoms with E-state index in [1.54, 1.807) is 18.2 Å². The zero-order valence-electron chi connectivity index (χ0n) is 21.5. The number of nitrogens with two attached hydrogens (primary N) is 2. The van der Waals surface area contributed by atoms with Gasteiger partial charge in [0.15, 0.2) is 0 Å². The van der Waals surface area contributed by atoms with E-state index in [9.17, 15) is 38.1 Å². The van der Waals surface area contributed by atoms with Crippen molar-refractivity contribution >= 4 is 45.1 Å². The van der Waals surface area contributed by atoms with Crippen LogP contribution in [0.2, 0.25) is 0 Å². The summed E-state index contributed by atoms with van der Waals surface area (Å²) in [7, 11) is -4.21. The van der Waals surface area contributed by atoms with Crippen molar-refractivity contribution in [3.05, 3.63) is 59.7 Å². The number of carbonyl (C=O) groups is 3. The summed E-state index contributed by atoms with van der Waals surface area (Å²) in [5.41, 5.74) is 1.63. The number of fused-ring (bicyclic) bond motifs is 1. The highest BCUT2D eigenvalue weighted by Gasteiger charge is 2.25. The Morgan fingerprint density at radius 2 is 1.74 bits per heavy atom. The Hall–Kier alpha value is -5.48. The quantitative estimate of drug-likeness (QED) is 0.0721. The second-order valence-corrected chi connectivity index (χ2v) is 10.7. The van der Waals surface area contributed by atoms with Crippen LogP contribution in [-0.4, -0.2) is 68.9 Å². The van der Waals surface area contributed by atoms with E-state index in [0.29, 0.717) is 16.6 Å². The number of imidazole rings is 1. The van der Waals surface area contributed by atoms with Crippen LogP contribution in [0, 0.1) is 0 Å². The molecule has 1 amide bonds. The Morgan fingerprint density at radius 3 is 2.38 bits per heavy atom. The molecule has 0 aliphatic carbocycles. The van der Waals surface area contributed by atoms with Gasteiger partial charge in [-0.3, -0.25) is 9.59 Å². The van der Waals surface area contributed by atoms with E-state index in [0.717, 1.165) is 18.2 Å². The lowest BCUT2D eigenvalue weighted by Crippen LogP contribution is -2.42. The number of benzene rings is 3. The number of hydrogen-bond acceptors (Lipinski definition) is 10. The first-order valence-electron chi connectivity index (χ1n) is 12.0. The summed E-state index contributed by atoms with van der Waals surface area (Å²) in [4.78, 5) is 42.3. The van der Waals surface area contributed by atoms with Crippen LogP contribution in [0.5, 0.6) is 11.5 Å². The predicted molar refractivity (Wildman–Crippen MR) is 149 cm³/mol. The van der Waals surface area contributed by atoms with Gasteiger partial charge in [-0.15, -0.1) is 0 Å². The smallest absolute Gasteiger partial charge is 0.326 e. The number of aromatic hydroxyl groups is 2. The maximum absolute atomic E-state index is 12.8. The number of primary sulfonamides is 1. The molecule has 4 rings (SSSR count). The number of hydrogen-bond donors (Lipinski definition) is 8. The third-order valence-electron chi connectivity index (χ3n) is 6.12. The van der Waals surface area contributed by atoms with Crippen LogP contribution in [0.1, 0.15) is 17.5 Å². The Morgan fingerprint density at radius 1 is 1.02 bits per heavy atom. The Kier molecular flexibility index (Phi) is 8.12. The van der Waals surface area contributed by atoms with Crippen LogP contribution in [0.4, 0.5) is 0 Å². The van der Waals surface area contributed by atoms with Gasteiger partial charge in [0.25, 0.3) is 0 Å². The van der Waals surface area contributed by atoms with Crippen molar-refractivity contribution in [1.29, 1.82) is 0 Å². The summed E-state index contributed by atoms with van der Waals surface area (Å²) in [6.07, 6.45) is 0.0542. The van der Waals surface area contributed by atoms with Gasteiger partial charge in [0.05, 0.1) is 40.5 Å². The van der Waals surface area contributed by atoms with Gasteiger partial charge in [0, 0.05) is 11.1 Å². The third-order valence-corrected chi connectivity index (χ3v) is 7.03. The molecule has 0 bridgehead atoms. The van der Waals surface area contributed by atoms with E-state index in [-0.39, 0.29) is 33.0 Å². The third kappa shape index (κ3) is 6.45. The molecular weight excluding hydrogens is 572 g/mol. The van der Waals surface area contributed by atoms with Crippen molar-refractivity contribution in [2.45, 2.75) is 23.8 Å². The highest BCUT2D eigenvalue weighted by atomic mass is 32.2. The summed E-state index contributed by atoms with van der Waals surface area (Å²) in [6.45, 7) is 0. The first kappa shape index (κ1) is 29.5. The van der Waals surface area contributed by atoms with Gasteiger partial charge < -0.3 is 36.6 Å². The molecule has 0 aliphatic rings. The molecule has 10 N–H and O–H groups in total. The number of carbonyl (C=O) groups excluding carboxylic acids is 1. The van der Waals surface area contributed by atoms with Crippen LogP contribution in [0.25, 0.3) is 33.5 Å². The largest absolute Gasteiger partial charge is 0.507 e. The van der Waals surface area contributed by atoms with Crippen LogP contribution in [0.15, 0.2) is 58.5 Å². The lowest BCUT2D eigenvalue weighted by molar-refractivity contribution is -0.147. The van der Waals surface area contributed by atoms with Crippen molar-refractivity contribution in [3.8, 4) is 34.0 Å². The first-order valence-corrected chi connectivity index (χ1v) is 13.5. The average molecular weight is 597 g/mol. The zero-order chi connectivity index (χ0) is 30.8. The maximum atomic E-state index is 12.8. The number of aromatic nitrogens is 2. The van der Waals surface area contributed by atoms with Gasteiger partial charge in [-0.1, -0.05) is 6.07 Å². The lowest BCUT2D eigenvalue weighted by Gasteiger charge is -2.16. The number of phenolic OH excluding ortho intramolecular Hbond substituents is 2. The van der Waals surface area contributed by atoms with Crippen LogP contribution in [0.3, 0.4) is 0 Å². The number of carboxylic acids is 2. The first-order chi connectivity index (χ1) is 19.8. The molecule has 3 aromatic carbocycles. The molecule has 0 unspecified atom stereocenters. The fourth-order valence-electron chi connectivity index (χ4n) is 4.22. The van der Waals surface area contributed by atoms with Gasteiger partial charge in [-0.2, -0.15) is 5.10 Å². The molecule has 4 aromatic rings. The van der Waals surface area contributed by atoms with Gasteiger partial charge in [-0.05, 0) is 53.6 Å². The second-order valence-electron chi connectivity index (χ2n) is 9.14. The molecule has 0 saturated heterocycles. The summed E-state index contributed by atoms with van der Waals surface area (Å²) < 4.78 is 24.0. The van der Waals surface area contributed by atoms with Crippen molar-refractivity contribution in [3.63, 3.8) is 0 Å². The van der Waals surface area contributed by atoms with Crippen molar-refractivity contribution in [2.75, 3.05) is 0 Å². The highest BCUT2D eigenvalue weighted by molar-refractivity contribution is 7.89. The molecule has 15 nitrogen and oxygen atoms in total. The number of phenols is 2. The number of nitrogens with zero attached hydrogens (tertiary/aromatic N) is 2. The number of hydrazone groups is 1. The Labute approximate surface area is 237 Å². The van der Waals surface area contributed by atoms with E-state index in [1.165, 1.54) is 18.3 Å². The van der Waals surface area contributed by atoms with Crippen molar-refractivity contribution < 1.29 is 43.2 Å². The number of carboxylic acid groups (broad SMARTS) is 2. The molecule has 16 heteroatoms. The van der Waals surface area contributed by atoms with E-state index >= 15 is 0 Å². The highest BCUT2D eigenvalue weighted by Crippen LogP contribution is 2.42. The molecule has 1 aromatic heterocycles. The number of rotatable bonds is 10. The lowest BCUT2D eigenvalue weighted by atomic mass is 9.95. The van der Waals surface area contributed by atoms with Crippen LogP contribution in [-0.2, 0) is 30.8 Å². The van der Waals surface area contributed by atoms with Gasteiger partial charge in [0.1, 0.15) is 23.4 Å². The number of H-pyrrole nitrogens is 1. The molecule has 1 heterocycles. The average Bonchev–Trinajstić information content (AvgIpc) is 3.32. The minimum Gasteiger partial charge on any atom is -0.507 e. The summed E-state index contributed by atoms with van der Waals surface area (Å²) in [5.74, 6) is 0.632. The van der Waals surface area contributed by atoms with E-state index in [4.69, 9.17) is 16.1 Å². The molecule has 42 heavy (non-hydrogen) atoms. The Bertz CT molecular complexity index is 1870. The number of aromatic amines is 1. The molecule has 0 fully saturated rings. The number of sulfonamides is 1. The molecular formula is C26H24N6O9S. The number of aliphatic carboxylic acids is 2. The van der Waals surface area contributed by atoms with Crippen molar-refractivity contribution in [1.82, 2.24) is 15.3 Å². The normalized spacial score (nSPS) is 12.4. The zero-order valence-corrected chi connectivity index (χ0v) is 22.3. The van der Waals surface area contributed by atoms with Gasteiger partial charge >= 0.3 is 11.9 Å². The monoisotopic (exact) mass is 596 g/mol. The number of nitrogens with one attached hydrogen (secondary N) is 2. The summed E-state index contributed by atoms with van der Waals surface area (Å²) in [5, 5.41) is 51.0. The molecule has 1 atom stereocenters. The summed E-state index contributed by atoms with van der Waals surface area (Å²) >= 11 is 0. The van der Waals surface area contributed by atoms with Gasteiger partial charge in [0.2, 0.25) is 15.9 Å². The van der Waals surface area contributed by atoms with Crippen LogP contribution >= 0.6 is 0 Å². The fraction of sp³-hybridized carbons (Fsp3) is 0.115.